The number of hydrogen-bond donors (Lipinski definition) is 0. The van der Waals surface area contributed by atoms with Crippen LogP contribution >= 0.6 is 0 Å². The summed E-state index contributed by atoms with van der Waals surface area (Å²) < 4.78 is 10.5. The number of carbonyl (C=O) groups is 2. The van der Waals surface area contributed by atoms with Crippen molar-refractivity contribution in [3.05, 3.63) is 23.7 Å². The highest BCUT2D eigenvalue weighted by Crippen LogP contribution is 2.47. The summed E-state index contributed by atoms with van der Waals surface area (Å²) in [5.41, 5.74) is 0.115. The highest BCUT2D eigenvalue weighted by Gasteiger charge is 2.49. The molecular formula is C14H18O4. The van der Waals surface area contributed by atoms with E-state index in [0.29, 0.717) is 29.9 Å². The summed E-state index contributed by atoms with van der Waals surface area (Å²) in [5.74, 6) is -0.0789. The van der Waals surface area contributed by atoms with E-state index in [4.69, 9.17) is 9.47 Å². The predicted octanol–water partition coefficient (Wildman–Crippen LogP) is 2.35. The summed E-state index contributed by atoms with van der Waals surface area (Å²) >= 11 is 0. The number of hydrogen-bond acceptors (Lipinski definition) is 4. The maximum atomic E-state index is 12.4. The minimum absolute atomic E-state index is 0.168. The zero-order chi connectivity index (χ0) is 13.5. The van der Waals surface area contributed by atoms with Crippen molar-refractivity contribution in [2.24, 2.45) is 11.3 Å². The molecule has 2 rings (SSSR count). The van der Waals surface area contributed by atoms with Crippen molar-refractivity contribution < 1.29 is 19.1 Å². The molecule has 1 atom stereocenters. The number of ketones is 1. The van der Waals surface area contributed by atoms with Crippen molar-refractivity contribution in [1.82, 2.24) is 0 Å². The minimum Gasteiger partial charge on any atom is -0.466 e. The van der Waals surface area contributed by atoms with Gasteiger partial charge in [0.2, 0.25) is 0 Å². The molecule has 4 nitrogen and oxygen atoms in total. The summed E-state index contributed by atoms with van der Waals surface area (Å²) in [6, 6.07) is 0. The van der Waals surface area contributed by atoms with Crippen molar-refractivity contribution in [1.29, 1.82) is 0 Å². The Morgan fingerprint density at radius 1 is 1.56 bits per heavy atom. The van der Waals surface area contributed by atoms with Crippen molar-refractivity contribution >= 4 is 11.8 Å². The quantitative estimate of drug-likeness (QED) is 0.557. The molecule has 1 aliphatic heterocycles. The van der Waals surface area contributed by atoms with Crippen molar-refractivity contribution in [2.45, 2.75) is 33.6 Å². The molecule has 1 unspecified atom stereocenters. The number of carbonyl (C=O) groups excluding carboxylic acids is 2. The fourth-order valence-electron chi connectivity index (χ4n) is 2.63. The van der Waals surface area contributed by atoms with Gasteiger partial charge in [-0.3, -0.25) is 9.59 Å². The van der Waals surface area contributed by atoms with Gasteiger partial charge in [0.15, 0.2) is 5.78 Å². The molecule has 0 aromatic carbocycles. The molecule has 4 heteroatoms. The van der Waals surface area contributed by atoms with E-state index in [2.05, 4.69) is 6.58 Å². The van der Waals surface area contributed by atoms with E-state index >= 15 is 0 Å². The molecule has 0 fully saturated rings. The van der Waals surface area contributed by atoms with Crippen molar-refractivity contribution in [3.8, 4) is 0 Å². The fourth-order valence-corrected chi connectivity index (χ4v) is 2.63. The van der Waals surface area contributed by atoms with Crippen LogP contribution in [0.2, 0.25) is 0 Å². The lowest BCUT2D eigenvalue weighted by molar-refractivity contribution is -0.156. The summed E-state index contributed by atoms with van der Waals surface area (Å²) in [6.45, 7) is 9.54. The molecule has 0 saturated carbocycles. The molecule has 1 aliphatic carbocycles. The van der Waals surface area contributed by atoms with Crippen LogP contribution in [0.25, 0.3) is 0 Å². The molecule has 0 aromatic rings. The van der Waals surface area contributed by atoms with Crippen LogP contribution in [0.3, 0.4) is 0 Å². The first-order chi connectivity index (χ1) is 8.36. The topological polar surface area (TPSA) is 52.6 Å². The Hall–Kier alpha value is -1.58. The van der Waals surface area contributed by atoms with Crippen LogP contribution in [0.1, 0.15) is 33.6 Å². The zero-order valence-corrected chi connectivity index (χ0v) is 11.0. The molecule has 0 amide bonds. The van der Waals surface area contributed by atoms with Gasteiger partial charge < -0.3 is 9.47 Å². The van der Waals surface area contributed by atoms with Crippen molar-refractivity contribution in [2.75, 3.05) is 6.61 Å². The zero-order valence-electron chi connectivity index (χ0n) is 11.0. The third kappa shape index (κ3) is 1.96. The molecule has 0 bridgehead atoms. The van der Waals surface area contributed by atoms with E-state index in [1.54, 1.807) is 6.92 Å². The number of esters is 1. The van der Waals surface area contributed by atoms with Crippen LogP contribution in [-0.2, 0) is 19.1 Å². The number of allylic oxidation sites excluding steroid dienone is 2. The lowest BCUT2D eigenvalue weighted by atomic mass is 9.68. The molecule has 98 valence electrons. The van der Waals surface area contributed by atoms with Crippen LogP contribution in [0.15, 0.2) is 23.7 Å². The molecule has 18 heavy (non-hydrogen) atoms. The third-order valence-corrected chi connectivity index (χ3v) is 3.46. The average Bonchev–Trinajstić information content (AvgIpc) is 2.57. The summed E-state index contributed by atoms with van der Waals surface area (Å²) in [5, 5.41) is 0. The first kappa shape index (κ1) is 12.9. The van der Waals surface area contributed by atoms with E-state index in [1.807, 2.05) is 13.8 Å². The Labute approximate surface area is 107 Å². The van der Waals surface area contributed by atoms with Gasteiger partial charge in [-0.1, -0.05) is 20.4 Å². The summed E-state index contributed by atoms with van der Waals surface area (Å²) in [6.07, 6.45) is 0.983. The monoisotopic (exact) mass is 250 g/mol. The van der Waals surface area contributed by atoms with Gasteiger partial charge in [0.05, 0.1) is 6.61 Å². The lowest BCUT2D eigenvalue weighted by Gasteiger charge is -2.35. The average molecular weight is 250 g/mol. The van der Waals surface area contributed by atoms with E-state index in [1.165, 1.54) is 0 Å². The second-order valence-corrected chi connectivity index (χ2v) is 5.43. The van der Waals surface area contributed by atoms with Gasteiger partial charge in [-0.15, -0.1) is 0 Å². The van der Waals surface area contributed by atoms with Crippen LogP contribution in [0.4, 0.5) is 0 Å². The van der Waals surface area contributed by atoms with E-state index in [-0.39, 0.29) is 12.4 Å². The van der Waals surface area contributed by atoms with Crippen molar-refractivity contribution in [3.63, 3.8) is 0 Å². The highest BCUT2D eigenvalue weighted by molar-refractivity contribution is 6.10. The molecule has 0 radical (unpaired) electrons. The molecule has 0 spiro atoms. The lowest BCUT2D eigenvalue weighted by Crippen LogP contribution is -2.42. The van der Waals surface area contributed by atoms with Gasteiger partial charge in [0.1, 0.15) is 17.4 Å². The summed E-state index contributed by atoms with van der Waals surface area (Å²) in [7, 11) is 0. The highest BCUT2D eigenvalue weighted by atomic mass is 16.5. The van der Waals surface area contributed by atoms with Gasteiger partial charge >= 0.3 is 5.97 Å². The SMILES string of the molecule is C=C1CC2=C(CC(C)(C)C(C(=O)OCC)C2=O)O1. The third-order valence-electron chi connectivity index (χ3n) is 3.46. The van der Waals surface area contributed by atoms with Gasteiger partial charge in [-0.25, -0.2) is 0 Å². The molecule has 0 aromatic heterocycles. The van der Waals surface area contributed by atoms with E-state index in [9.17, 15) is 9.59 Å². The van der Waals surface area contributed by atoms with Crippen LogP contribution in [-0.4, -0.2) is 18.4 Å². The fraction of sp³-hybridized carbons (Fsp3) is 0.571. The first-order valence-corrected chi connectivity index (χ1v) is 6.15. The van der Waals surface area contributed by atoms with Gasteiger partial charge in [0.25, 0.3) is 0 Å². The molecule has 2 aliphatic rings. The number of ether oxygens (including phenoxy) is 2. The summed E-state index contributed by atoms with van der Waals surface area (Å²) in [4.78, 5) is 24.4. The van der Waals surface area contributed by atoms with Crippen LogP contribution < -0.4 is 0 Å². The molecule has 0 saturated heterocycles. The normalized spacial score (nSPS) is 25.8. The van der Waals surface area contributed by atoms with Gasteiger partial charge in [0, 0.05) is 18.4 Å². The van der Waals surface area contributed by atoms with Gasteiger partial charge in [-0.05, 0) is 12.3 Å². The molecule has 1 heterocycles. The van der Waals surface area contributed by atoms with Crippen LogP contribution in [0, 0.1) is 11.3 Å². The Morgan fingerprint density at radius 3 is 2.83 bits per heavy atom. The largest absolute Gasteiger partial charge is 0.466 e. The Kier molecular flexibility index (Phi) is 3.05. The van der Waals surface area contributed by atoms with Gasteiger partial charge in [-0.2, -0.15) is 0 Å². The molecular weight excluding hydrogens is 232 g/mol. The number of Topliss-reactive ketones (excluding diaryl/α,β-unsaturated/α-hetero) is 1. The first-order valence-electron chi connectivity index (χ1n) is 6.15. The second-order valence-electron chi connectivity index (χ2n) is 5.43. The Balaban J connectivity index is 2.34. The second kappa shape index (κ2) is 4.26. The number of rotatable bonds is 2. The maximum Gasteiger partial charge on any atom is 0.317 e. The smallest absolute Gasteiger partial charge is 0.317 e. The Morgan fingerprint density at radius 2 is 2.22 bits per heavy atom. The standard InChI is InChI=1S/C14H18O4/c1-5-17-13(16)11-12(15)9-6-8(2)18-10(9)7-14(11,3)4/h11H,2,5-7H2,1,3-4H3. The van der Waals surface area contributed by atoms with Crippen LogP contribution in [0.5, 0.6) is 0 Å². The maximum absolute atomic E-state index is 12.4. The predicted molar refractivity (Wildman–Crippen MR) is 65.4 cm³/mol. The molecule has 0 N–H and O–H groups in total. The van der Waals surface area contributed by atoms with E-state index < -0.39 is 17.3 Å². The minimum atomic E-state index is -0.731. The Bertz CT molecular complexity index is 456. The van der Waals surface area contributed by atoms with E-state index in [0.717, 1.165) is 0 Å².